The third-order valence-electron chi connectivity index (χ3n) is 6.32. The summed E-state index contributed by atoms with van der Waals surface area (Å²) in [5.74, 6) is 1.50. The molecule has 32 heavy (non-hydrogen) atoms. The van der Waals surface area contributed by atoms with Gasteiger partial charge in [-0.15, -0.1) is 11.3 Å². The maximum absolute atomic E-state index is 13.1. The summed E-state index contributed by atoms with van der Waals surface area (Å²) in [5.41, 5.74) is 2.26. The lowest BCUT2D eigenvalue weighted by atomic mass is 9.97. The second kappa shape index (κ2) is 9.11. The van der Waals surface area contributed by atoms with Gasteiger partial charge < -0.3 is 14.5 Å². The summed E-state index contributed by atoms with van der Waals surface area (Å²) in [7, 11) is 1.66. The summed E-state index contributed by atoms with van der Waals surface area (Å²) in [6.07, 6.45) is 4.96. The lowest BCUT2D eigenvalue weighted by Crippen LogP contribution is -2.49. The van der Waals surface area contributed by atoms with Crippen molar-refractivity contribution in [3.8, 4) is 0 Å². The number of carbonyl (C=O) groups is 1. The first-order valence-electron chi connectivity index (χ1n) is 11.2. The van der Waals surface area contributed by atoms with E-state index in [0.717, 1.165) is 42.1 Å². The Labute approximate surface area is 191 Å². The number of aromatic nitrogens is 2. The largest absolute Gasteiger partial charge is 0.377 e. The fourth-order valence-electron chi connectivity index (χ4n) is 4.66. The van der Waals surface area contributed by atoms with E-state index in [0.29, 0.717) is 31.9 Å². The van der Waals surface area contributed by atoms with Crippen molar-refractivity contribution in [2.45, 2.75) is 38.7 Å². The molecule has 168 valence electrons. The topological polar surface area (TPSA) is 58.6 Å². The summed E-state index contributed by atoms with van der Waals surface area (Å²) in [6, 6.07) is 6.16. The number of fused-ring (bicyclic) bond motifs is 3. The van der Waals surface area contributed by atoms with E-state index in [1.54, 1.807) is 30.6 Å². The smallest absolute Gasteiger partial charge is 0.227 e. The molecule has 2 aliphatic rings. The second-order valence-corrected chi connectivity index (χ2v) is 9.54. The molecule has 0 atom stereocenters. The quantitative estimate of drug-likeness (QED) is 0.588. The van der Waals surface area contributed by atoms with Gasteiger partial charge in [0.15, 0.2) is 5.82 Å². The minimum Gasteiger partial charge on any atom is -0.377 e. The van der Waals surface area contributed by atoms with Crippen LogP contribution in [0.5, 0.6) is 0 Å². The molecule has 1 aliphatic carbocycles. The number of hydrogen-bond donors (Lipinski definition) is 0. The highest BCUT2D eigenvalue weighted by Crippen LogP contribution is 2.40. The predicted octanol–water partition coefficient (Wildman–Crippen LogP) is 3.75. The number of hydrogen-bond acceptors (Lipinski definition) is 6. The molecule has 8 heteroatoms. The molecule has 2 aromatic heterocycles. The van der Waals surface area contributed by atoms with Crippen LogP contribution in [0.15, 0.2) is 24.3 Å². The summed E-state index contributed by atoms with van der Waals surface area (Å²) in [5, 5.41) is 1.20. The first kappa shape index (κ1) is 21.3. The lowest BCUT2D eigenvalue weighted by molar-refractivity contribution is -0.130. The van der Waals surface area contributed by atoms with Crippen LogP contribution in [0.2, 0.25) is 0 Å². The maximum atomic E-state index is 13.1. The van der Waals surface area contributed by atoms with Gasteiger partial charge in [-0.25, -0.2) is 14.4 Å². The number of thiophene rings is 1. The average molecular weight is 455 g/mol. The Bertz CT molecular complexity index is 1120. The van der Waals surface area contributed by atoms with E-state index in [-0.39, 0.29) is 11.7 Å². The van der Waals surface area contributed by atoms with Gasteiger partial charge in [0.25, 0.3) is 0 Å². The highest BCUT2D eigenvalue weighted by molar-refractivity contribution is 7.19. The van der Waals surface area contributed by atoms with Gasteiger partial charge in [0, 0.05) is 38.2 Å². The standard InChI is InChI=1S/C24H27FN4O2S/c1-31-15-20-26-23(22-18-4-2-3-5-19(18)32-24(22)27-20)29-12-10-28(11-13-29)21(30)14-16-6-8-17(25)9-7-16/h6-9H,2-5,10-15H2,1H3. The Morgan fingerprint density at radius 3 is 2.59 bits per heavy atom. The highest BCUT2D eigenvalue weighted by Gasteiger charge is 2.27. The number of nitrogens with zero attached hydrogens (tertiary/aromatic N) is 4. The zero-order chi connectivity index (χ0) is 22.1. The Morgan fingerprint density at radius 2 is 1.84 bits per heavy atom. The number of benzene rings is 1. The molecular weight excluding hydrogens is 427 g/mol. The first-order chi connectivity index (χ1) is 15.6. The molecule has 3 aromatic rings. The molecule has 0 bridgehead atoms. The molecule has 0 saturated carbocycles. The molecule has 1 aromatic carbocycles. The van der Waals surface area contributed by atoms with Crippen molar-refractivity contribution in [1.82, 2.24) is 14.9 Å². The molecule has 0 unspecified atom stereocenters. The van der Waals surface area contributed by atoms with Gasteiger partial charge in [-0.2, -0.15) is 0 Å². The number of amides is 1. The van der Waals surface area contributed by atoms with Gasteiger partial charge in [-0.05, 0) is 48.9 Å². The van der Waals surface area contributed by atoms with Gasteiger partial charge in [0.1, 0.15) is 23.1 Å². The summed E-state index contributed by atoms with van der Waals surface area (Å²) >= 11 is 1.80. The van der Waals surface area contributed by atoms with Crippen molar-refractivity contribution >= 4 is 33.3 Å². The van der Waals surface area contributed by atoms with Crippen molar-refractivity contribution in [3.05, 3.63) is 51.9 Å². The zero-order valence-corrected chi connectivity index (χ0v) is 19.1. The third-order valence-corrected chi connectivity index (χ3v) is 7.50. The SMILES string of the molecule is COCc1nc(N2CCN(C(=O)Cc3ccc(F)cc3)CC2)c2c3c(sc2n1)CCCC3. The van der Waals surface area contributed by atoms with E-state index in [2.05, 4.69) is 4.90 Å². The van der Waals surface area contributed by atoms with E-state index in [9.17, 15) is 9.18 Å². The van der Waals surface area contributed by atoms with Crippen molar-refractivity contribution in [1.29, 1.82) is 0 Å². The van der Waals surface area contributed by atoms with Crippen LogP contribution in [-0.2, 0) is 35.4 Å². The molecule has 3 heterocycles. The number of methoxy groups -OCH3 is 1. The summed E-state index contributed by atoms with van der Waals surface area (Å²) in [4.78, 5) is 29.2. The Morgan fingerprint density at radius 1 is 1.09 bits per heavy atom. The van der Waals surface area contributed by atoms with Crippen LogP contribution < -0.4 is 4.90 Å². The molecule has 0 spiro atoms. The molecule has 1 aliphatic heterocycles. The van der Waals surface area contributed by atoms with Crippen LogP contribution in [-0.4, -0.2) is 54.1 Å². The van der Waals surface area contributed by atoms with Gasteiger partial charge in [0.05, 0.1) is 11.8 Å². The maximum Gasteiger partial charge on any atom is 0.227 e. The van der Waals surface area contributed by atoms with Crippen molar-refractivity contribution in [3.63, 3.8) is 0 Å². The number of rotatable bonds is 5. The first-order valence-corrected chi connectivity index (χ1v) is 12.0. The zero-order valence-electron chi connectivity index (χ0n) is 18.3. The van der Waals surface area contributed by atoms with Gasteiger partial charge in [0.2, 0.25) is 5.91 Å². The molecule has 0 N–H and O–H groups in total. The number of ether oxygens (including phenoxy) is 1. The molecule has 5 rings (SSSR count). The van der Waals surface area contributed by atoms with Crippen LogP contribution in [0.4, 0.5) is 10.2 Å². The van der Waals surface area contributed by atoms with E-state index < -0.39 is 0 Å². The Hall–Kier alpha value is -2.58. The van der Waals surface area contributed by atoms with Gasteiger partial charge >= 0.3 is 0 Å². The van der Waals surface area contributed by atoms with Crippen LogP contribution in [0.1, 0.15) is 34.7 Å². The van der Waals surface area contributed by atoms with Crippen LogP contribution in [0.3, 0.4) is 0 Å². The average Bonchev–Trinajstić information content (AvgIpc) is 3.19. The Balaban J connectivity index is 1.35. The highest BCUT2D eigenvalue weighted by atomic mass is 32.1. The van der Waals surface area contributed by atoms with Gasteiger partial charge in [-0.1, -0.05) is 12.1 Å². The summed E-state index contributed by atoms with van der Waals surface area (Å²) in [6.45, 7) is 3.16. The minimum atomic E-state index is -0.283. The van der Waals surface area contributed by atoms with Crippen molar-refractivity contribution in [2.24, 2.45) is 0 Å². The molecule has 6 nitrogen and oxygen atoms in total. The fraction of sp³-hybridized carbons (Fsp3) is 0.458. The molecule has 1 fully saturated rings. The number of aryl methyl sites for hydroxylation is 2. The number of piperazine rings is 1. The third kappa shape index (κ3) is 4.21. The number of halogens is 1. The second-order valence-electron chi connectivity index (χ2n) is 8.46. The predicted molar refractivity (Wildman–Crippen MR) is 124 cm³/mol. The molecule has 1 amide bonds. The van der Waals surface area contributed by atoms with Crippen molar-refractivity contribution < 1.29 is 13.9 Å². The van der Waals surface area contributed by atoms with Crippen molar-refractivity contribution in [2.75, 3.05) is 38.2 Å². The van der Waals surface area contributed by atoms with E-state index in [1.165, 1.54) is 40.8 Å². The van der Waals surface area contributed by atoms with E-state index in [4.69, 9.17) is 14.7 Å². The summed E-state index contributed by atoms with van der Waals surface area (Å²) < 4.78 is 18.5. The van der Waals surface area contributed by atoms with Crippen LogP contribution in [0.25, 0.3) is 10.2 Å². The molecule has 0 radical (unpaired) electrons. The Kier molecular flexibility index (Phi) is 6.06. The van der Waals surface area contributed by atoms with Crippen LogP contribution >= 0.6 is 11.3 Å². The fourth-order valence-corrected chi connectivity index (χ4v) is 5.93. The van der Waals surface area contributed by atoms with E-state index >= 15 is 0 Å². The number of carbonyl (C=O) groups excluding carboxylic acids is 1. The minimum absolute atomic E-state index is 0.0806. The normalized spacial score (nSPS) is 16.4. The molecule has 1 saturated heterocycles. The van der Waals surface area contributed by atoms with E-state index in [1.807, 2.05) is 4.90 Å². The van der Waals surface area contributed by atoms with Crippen LogP contribution in [0, 0.1) is 5.82 Å². The monoisotopic (exact) mass is 454 g/mol. The number of anilines is 1. The lowest BCUT2D eigenvalue weighted by Gasteiger charge is -2.36. The molecular formula is C24H27FN4O2S. The van der Waals surface area contributed by atoms with Gasteiger partial charge in [-0.3, -0.25) is 4.79 Å².